The molecule has 6 nitrogen and oxygen atoms in total. The highest BCUT2D eigenvalue weighted by Crippen LogP contribution is 2.29. The van der Waals surface area contributed by atoms with E-state index in [9.17, 15) is 19.7 Å². The highest BCUT2D eigenvalue weighted by Gasteiger charge is 2.22. The van der Waals surface area contributed by atoms with Crippen LogP contribution < -0.4 is 5.32 Å². The fraction of sp³-hybridized carbons (Fsp3) is 0.130. The molecule has 0 unspecified atom stereocenters. The van der Waals surface area contributed by atoms with E-state index in [1.807, 2.05) is 26.0 Å². The van der Waals surface area contributed by atoms with Gasteiger partial charge in [0.25, 0.3) is 11.6 Å². The van der Waals surface area contributed by atoms with Crippen LogP contribution in [0.1, 0.15) is 37.4 Å². The highest BCUT2D eigenvalue weighted by atomic mass is 32.2. The average Bonchev–Trinajstić information content (AvgIpc) is 2.75. The van der Waals surface area contributed by atoms with Gasteiger partial charge in [0.05, 0.1) is 15.4 Å². The lowest BCUT2D eigenvalue weighted by Gasteiger charge is -2.11. The molecule has 3 aromatic rings. The smallest absolute Gasteiger partial charge is 0.283 e. The fourth-order valence-corrected chi connectivity index (χ4v) is 3.57. The van der Waals surface area contributed by atoms with Crippen molar-refractivity contribution in [3.05, 3.63) is 98.6 Å². The summed E-state index contributed by atoms with van der Waals surface area (Å²) >= 11 is 1.23. The number of rotatable bonds is 6. The maximum Gasteiger partial charge on any atom is 0.283 e. The Morgan fingerprint density at radius 1 is 0.933 bits per heavy atom. The van der Waals surface area contributed by atoms with Gasteiger partial charge in [-0.1, -0.05) is 24.3 Å². The van der Waals surface area contributed by atoms with Crippen molar-refractivity contribution in [2.45, 2.75) is 18.7 Å². The van der Waals surface area contributed by atoms with Crippen molar-refractivity contribution in [3.8, 4) is 0 Å². The standard InChI is InChI=1S/C23H20N2O4S/c1-14-8-10-17(12-15(14)2)24-23(27)19-7-5-4-6-18(19)22(26)16-9-11-21(30-3)20(13-16)25(28)29/h4-13H,1-3H3,(H,24,27). The Kier molecular flexibility index (Phi) is 6.32. The topological polar surface area (TPSA) is 89.3 Å². The second-order valence-electron chi connectivity index (χ2n) is 6.77. The Balaban J connectivity index is 1.95. The van der Waals surface area contributed by atoms with Crippen LogP contribution >= 0.6 is 11.8 Å². The molecule has 0 radical (unpaired) electrons. The largest absolute Gasteiger partial charge is 0.322 e. The molecule has 1 amide bonds. The molecule has 1 N–H and O–H groups in total. The zero-order chi connectivity index (χ0) is 21.8. The molecule has 0 fully saturated rings. The first kappa shape index (κ1) is 21.3. The van der Waals surface area contributed by atoms with Gasteiger partial charge < -0.3 is 5.32 Å². The van der Waals surface area contributed by atoms with E-state index in [-0.39, 0.29) is 22.4 Å². The van der Waals surface area contributed by atoms with Crippen molar-refractivity contribution in [1.82, 2.24) is 0 Å². The first-order valence-electron chi connectivity index (χ1n) is 9.16. The number of nitrogens with zero attached hydrogens (tertiary/aromatic N) is 1. The minimum Gasteiger partial charge on any atom is -0.322 e. The van der Waals surface area contributed by atoms with Gasteiger partial charge in [-0.3, -0.25) is 19.7 Å². The maximum absolute atomic E-state index is 13.1. The predicted octanol–water partition coefficient (Wildman–Crippen LogP) is 5.42. The van der Waals surface area contributed by atoms with Gasteiger partial charge in [-0.25, -0.2) is 0 Å². The third kappa shape index (κ3) is 4.41. The van der Waals surface area contributed by atoms with E-state index in [0.29, 0.717) is 10.6 Å². The fourth-order valence-electron chi connectivity index (χ4n) is 3.03. The molecule has 0 bridgehead atoms. The van der Waals surface area contributed by atoms with Gasteiger partial charge in [0, 0.05) is 22.9 Å². The molecular formula is C23H20N2O4S. The minimum atomic E-state index is -0.513. The van der Waals surface area contributed by atoms with Gasteiger partial charge in [-0.2, -0.15) is 0 Å². The van der Waals surface area contributed by atoms with Crippen LogP contribution in [0.4, 0.5) is 11.4 Å². The van der Waals surface area contributed by atoms with Crippen molar-refractivity contribution >= 4 is 34.8 Å². The van der Waals surface area contributed by atoms with E-state index < -0.39 is 16.6 Å². The van der Waals surface area contributed by atoms with Crippen molar-refractivity contribution in [3.63, 3.8) is 0 Å². The number of amides is 1. The van der Waals surface area contributed by atoms with Crippen LogP contribution in [0, 0.1) is 24.0 Å². The number of ketones is 1. The van der Waals surface area contributed by atoms with Crippen LogP contribution in [0.5, 0.6) is 0 Å². The maximum atomic E-state index is 13.1. The normalized spacial score (nSPS) is 10.5. The summed E-state index contributed by atoms with van der Waals surface area (Å²) in [7, 11) is 0. The summed E-state index contributed by atoms with van der Waals surface area (Å²) in [6.07, 6.45) is 1.73. The van der Waals surface area contributed by atoms with Gasteiger partial charge >= 0.3 is 0 Å². The molecular weight excluding hydrogens is 400 g/mol. The van der Waals surface area contributed by atoms with Crippen LogP contribution in [-0.2, 0) is 0 Å². The Labute approximate surface area is 178 Å². The van der Waals surface area contributed by atoms with Gasteiger partial charge in [0.15, 0.2) is 5.78 Å². The number of nitrogens with one attached hydrogen (secondary N) is 1. The molecule has 0 aliphatic heterocycles. The van der Waals surface area contributed by atoms with E-state index in [2.05, 4.69) is 5.32 Å². The number of aryl methyl sites for hydroxylation is 2. The average molecular weight is 420 g/mol. The molecule has 0 heterocycles. The highest BCUT2D eigenvalue weighted by molar-refractivity contribution is 7.98. The van der Waals surface area contributed by atoms with Crippen LogP contribution in [0.15, 0.2) is 65.6 Å². The van der Waals surface area contributed by atoms with Crippen molar-refractivity contribution in [2.75, 3.05) is 11.6 Å². The minimum absolute atomic E-state index is 0.134. The first-order valence-corrected chi connectivity index (χ1v) is 10.4. The second kappa shape index (κ2) is 8.92. The summed E-state index contributed by atoms with van der Waals surface area (Å²) in [4.78, 5) is 37.3. The number of nitro benzene ring substituents is 1. The van der Waals surface area contributed by atoms with Gasteiger partial charge in [0.1, 0.15) is 0 Å². The van der Waals surface area contributed by atoms with E-state index in [0.717, 1.165) is 11.1 Å². The summed E-state index contributed by atoms with van der Waals surface area (Å²) in [5.41, 5.74) is 3.20. The number of hydrogen-bond acceptors (Lipinski definition) is 5. The third-order valence-electron chi connectivity index (χ3n) is 4.82. The molecule has 0 atom stereocenters. The van der Waals surface area contributed by atoms with Crippen LogP contribution in [0.3, 0.4) is 0 Å². The second-order valence-corrected chi connectivity index (χ2v) is 7.62. The van der Waals surface area contributed by atoms with Crippen LogP contribution in [0.25, 0.3) is 0 Å². The van der Waals surface area contributed by atoms with E-state index >= 15 is 0 Å². The van der Waals surface area contributed by atoms with Crippen LogP contribution in [0.2, 0.25) is 0 Å². The number of carbonyl (C=O) groups excluding carboxylic acids is 2. The summed E-state index contributed by atoms with van der Waals surface area (Å²) in [6, 6.07) is 16.4. The monoisotopic (exact) mass is 420 g/mol. The zero-order valence-corrected chi connectivity index (χ0v) is 17.6. The Hall–Kier alpha value is -3.45. The number of benzene rings is 3. The molecule has 0 spiro atoms. The Morgan fingerprint density at radius 2 is 1.63 bits per heavy atom. The lowest BCUT2D eigenvalue weighted by molar-refractivity contribution is -0.387. The number of carbonyl (C=O) groups is 2. The molecule has 0 aliphatic carbocycles. The molecule has 3 aromatic carbocycles. The van der Waals surface area contributed by atoms with Crippen molar-refractivity contribution < 1.29 is 14.5 Å². The summed E-state index contributed by atoms with van der Waals surface area (Å²) < 4.78 is 0. The van der Waals surface area contributed by atoms with Gasteiger partial charge in [-0.05, 0) is 61.6 Å². The number of hydrogen-bond donors (Lipinski definition) is 1. The first-order chi connectivity index (χ1) is 14.3. The number of thioether (sulfide) groups is 1. The molecule has 0 saturated heterocycles. The lowest BCUT2D eigenvalue weighted by atomic mass is 9.97. The van der Waals surface area contributed by atoms with Crippen molar-refractivity contribution in [2.24, 2.45) is 0 Å². The molecule has 7 heteroatoms. The van der Waals surface area contributed by atoms with Crippen LogP contribution in [-0.4, -0.2) is 22.9 Å². The molecule has 30 heavy (non-hydrogen) atoms. The van der Waals surface area contributed by atoms with Gasteiger partial charge in [-0.15, -0.1) is 11.8 Å². The molecule has 0 aliphatic rings. The molecule has 152 valence electrons. The lowest BCUT2D eigenvalue weighted by Crippen LogP contribution is -2.17. The zero-order valence-electron chi connectivity index (χ0n) is 16.8. The number of nitro groups is 1. The molecule has 0 aromatic heterocycles. The van der Waals surface area contributed by atoms with E-state index in [4.69, 9.17) is 0 Å². The quantitative estimate of drug-likeness (QED) is 0.249. The van der Waals surface area contributed by atoms with E-state index in [1.54, 1.807) is 48.7 Å². The predicted molar refractivity (Wildman–Crippen MR) is 119 cm³/mol. The molecule has 0 saturated carbocycles. The summed E-state index contributed by atoms with van der Waals surface area (Å²) in [5.74, 6) is -0.867. The summed E-state index contributed by atoms with van der Waals surface area (Å²) in [6.45, 7) is 3.93. The Bertz CT molecular complexity index is 1160. The van der Waals surface area contributed by atoms with E-state index in [1.165, 1.54) is 17.8 Å². The SMILES string of the molecule is CSc1ccc(C(=O)c2ccccc2C(=O)Nc2ccc(C)c(C)c2)cc1[N+](=O)[O-]. The van der Waals surface area contributed by atoms with Crippen molar-refractivity contribution in [1.29, 1.82) is 0 Å². The third-order valence-corrected chi connectivity index (χ3v) is 5.60. The van der Waals surface area contributed by atoms with Gasteiger partial charge in [0.2, 0.25) is 0 Å². The Morgan fingerprint density at radius 3 is 2.27 bits per heavy atom. The molecule has 3 rings (SSSR count). The number of anilines is 1. The summed E-state index contributed by atoms with van der Waals surface area (Å²) in [5, 5.41) is 14.2.